The van der Waals surface area contributed by atoms with Gasteiger partial charge in [-0.25, -0.2) is 4.98 Å². The summed E-state index contributed by atoms with van der Waals surface area (Å²) in [5.41, 5.74) is -1.49. The molecule has 112 valence electrons. The van der Waals surface area contributed by atoms with Crippen molar-refractivity contribution in [3.05, 3.63) is 40.4 Å². The van der Waals surface area contributed by atoms with Crippen molar-refractivity contribution < 1.29 is 13.2 Å². The van der Waals surface area contributed by atoms with Crippen LogP contribution in [0.25, 0.3) is 10.9 Å². The van der Waals surface area contributed by atoms with Crippen molar-refractivity contribution in [2.75, 3.05) is 6.54 Å². The Morgan fingerprint density at radius 2 is 2.19 bits per heavy atom. The first-order valence-electron chi connectivity index (χ1n) is 6.75. The molecule has 1 aliphatic heterocycles. The Hall–Kier alpha value is -1.89. The molecule has 0 radical (unpaired) electrons. The van der Waals surface area contributed by atoms with E-state index in [1.807, 2.05) is 0 Å². The van der Waals surface area contributed by atoms with E-state index in [-0.39, 0.29) is 16.9 Å². The third kappa shape index (κ3) is 2.65. The zero-order chi connectivity index (χ0) is 15.0. The second-order valence-electron chi connectivity index (χ2n) is 5.19. The van der Waals surface area contributed by atoms with Gasteiger partial charge in [0.05, 0.1) is 22.8 Å². The molecule has 1 N–H and O–H groups in total. The number of rotatable bonds is 2. The van der Waals surface area contributed by atoms with Crippen LogP contribution in [0.4, 0.5) is 13.2 Å². The summed E-state index contributed by atoms with van der Waals surface area (Å²) >= 11 is 0. The van der Waals surface area contributed by atoms with Crippen molar-refractivity contribution >= 4 is 10.9 Å². The summed E-state index contributed by atoms with van der Waals surface area (Å²) in [7, 11) is 0. The molecule has 1 saturated heterocycles. The van der Waals surface area contributed by atoms with E-state index < -0.39 is 17.3 Å². The predicted molar refractivity (Wildman–Crippen MR) is 72.0 cm³/mol. The van der Waals surface area contributed by atoms with Crippen LogP contribution in [0.2, 0.25) is 0 Å². The van der Waals surface area contributed by atoms with Gasteiger partial charge in [-0.2, -0.15) is 13.2 Å². The highest BCUT2D eigenvalue weighted by Crippen LogP contribution is 2.32. The molecule has 0 aliphatic carbocycles. The van der Waals surface area contributed by atoms with E-state index in [1.54, 1.807) is 0 Å². The van der Waals surface area contributed by atoms with Crippen LogP contribution in [0, 0.1) is 0 Å². The van der Waals surface area contributed by atoms with Gasteiger partial charge in [-0.05, 0) is 31.5 Å². The van der Waals surface area contributed by atoms with Crippen LogP contribution in [-0.2, 0) is 12.7 Å². The standard InChI is InChI=1S/C14H14F3N3O/c15-14(16,17)10-4-1-5-11-12(10)13(21)20(8-19-11)7-9-3-2-6-18-9/h1,4-5,8-9,18H,2-3,6-7H2. The van der Waals surface area contributed by atoms with Crippen LogP contribution in [0.15, 0.2) is 29.3 Å². The molecule has 2 heterocycles. The largest absolute Gasteiger partial charge is 0.417 e. The van der Waals surface area contributed by atoms with E-state index >= 15 is 0 Å². The van der Waals surface area contributed by atoms with Crippen molar-refractivity contribution in [2.45, 2.75) is 31.6 Å². The Morgan fingerprint density at radius 1 is 1.38 bits per heavy atom. The molecule has 0 bridgehead atoms. The minimum Gasteiger partial charge on any atom is -0.312 e. The first-order valence-corrected chi connectivity index (χ1v) is 6.75. The molecule has 1 aromatic carbocycles. The lowest BCUT2D eigenvalue weighted by Crippen LogP contribution is -2.33. The normalized spacial score (nSPS) is 19.3. The number of nitrogens with zero attached hydrogens (tertiary/aromatic N) is 2. The van der Waals surface area contributed by atoms with Crippen molar-refractivity contribution in [3.8, 4) is 0 Å². The van der Waals surface area contributed by atoms with E-state index in [2.05, 4.69) is 10.3 Å². The topological polar surface area (TPSA) is 46.9 Å². The first kappa shape index (κ1) is 14.1. The third-order valence-corrected chi connectivity index (χ3v) is 3.74. The molecule has 4 nitrogen and oxygen atoms in total. The molecule has 0 saturated carbocycles. The number of hydrogen-bond acceptors (Lipinski definition) is 3. The van der Waals surface area contributed by atoms with E-state index in [0.29, 0.717) is 6.54 Å². The predicted octanol–water partition coefficient (Wildman–Crippen LogP) is 2.17. The maximum atomic E-state index is 13.0. The molecular weight excluding hydrogens is 283 g/mol. The summed E-state index contributed by atoms with van der Waals surface area (Å²) in [4.78, 5) is 16.4. The third-order valence-electron chi connectivity index (χ3n) is 3.74. The van der Waals surface area contributed by atoms with Gasteiger partial charge in [-0.1, -0.05) is 6.07 Å². The average Bonchev–Trinajstić information content (AvgIpc) is 2.93. The number of nitrogens with one attached hydrogen (secondary N) is 1. The van der Waals surface area contributed by atoms with Gasteiger partial charge in [0.1, 0.15) is 0 Å². The number of benzene rings is 1. The van der Waals surface area contributed by atoms with Crippen LogP contribution < -0.4 is 10.9 Å². The van der Waals surface area contributed by atoms with E-state index in [4.69, 9.17) is 0 Å². The van der Waals surface area contributed by atoms with Crippen LogP contribution in [0.5, 0.6) is 0 Å². The fourth-order valence-electron chi connectivity index (χ4n) is 2.72. The number of fused-ring (bicyclic) bond motifs is 1. The van der Waals surface area contributed by atoms with Crippen molar-refractivity contribution in [3.63, 3.8) is 0 Å². The fourth-order valence-corrected chi connectivity index (χ4v) is 2.72. The van der Waals surface area contributed by atoms with Crippen LogP contribution in [0.1, 0.15) is 18.4 Å². The van der Waals surface area contributed by atoms with Crippen LogP contribution >= 0.6 is 0 Å². The number of hydrogen-bond donors (Lipinski definition) is 1. The zero-order valence-corrected chi connectivity index (χ0v) is 11.2. The van der Waals surface area contributed by atoms with Gasteiger partial charge in [0.2, 0.25) is 0 Å². The van der Waals surface area contributed by atoms with Crippen molar-refractivity contribution in [2.24, 2.45) is 0 Å². The molecule has 1 aliphatic rings. The van der Waals surface area contributed by atoms with Gasteiger partial charge >= 0.3 is 6.18 Å². The molecule has 1 atom stereocenters. The molecule has 0 spiro atoms. The average molecular weight is 297 g/mol. The van der Waals surface area contributed by atoms with Gasteiger partial charge in [0.15, 0.2) is 0 Å². The second-order valence-corrected chi connectivity index (χ2v) is 5.19. The lowest BCUT2D eigenvalue weighted by atomic mass is 10.1. The van der Waals surface area contributed by atoms with E-state index in [1.165, 1.54) is 23.0 Å². The van der Waals surface area contributed by atoms with E-state index in [9.17, 15) is 18.0 Å². The Balaban J connectivity index is 2.12. The molecule has 3 rings (SSSR count). The van der Waals surface area contributed by atoms with E-state index in [0.717, 1.165) is 25.5 Å². The SMILES string of the molecule is O=c1c2c(C(F)(F)F)cccc2ncn1CC1CCCN1. The molecule has 7 heteroatoms. The van der Waals surface area contributed by atoms with Gasteiger partial charge in [0, 0.05) is 12.6 Å². The quantitative estimate of drug-likeness (QED) is 0.924. The summed E-state index contributed by atoms with van der Waals surface area (Å²) in [5, 5.41) is 2.86. The Bertz CT molecular complexity index is 717. The minimum atomic E-state index is -4.56. The van der Waals surface area contributed by atoms with Gasteiger partial charge in [-0.3, -0.25) is 9.36 Å². The highest BCUT2D eigenvalue weighted by molar-refractivity contribution is 5.81. The Kier molecular flexibility index (Phi) is 3.44. The number of alkyl halides is 3. The second kappa shape index (κ2) is 5.14. The summed E-state index contributed by atoms with van der Waals surface area (Å²) in [6.45, 7) is 1.21. The highest BCUT2D eigenvalue weighted by Gasteiger charge is 2.34. The molecular formula is C14H14F3N3O. The maximum Gasteiger partial charge on any atom is 0.417 e. The van der Waals surface area contributed by atoms with Gasteiger partial charge in [-0.15, -0.1) is 0 Å². The zero-order valence-electron chi connectivity index (χ0n) is 11.2. The Morgan fingerprint density at radius 3 is 2.86 bits per heavy atom. The molecule has 1 unspecified atom stereocenters. The molecule has 2 aromatic rings. The smallest absolute Gasteiger partial charge is 0.312 e. The minimum absolute atomic E-state index is 0.0745. The summed E-state index contributed by atoms with van der Waals surface area (Å²) in [5.74, 6) is 0. The summed E-state index contributed by atoms with van der Waals surface area (Å²) in [6, 6.07) is 3.72. The first-order chi connectivity index (χ1) is 9.97. The van der Waals surface area contributed by atoms with Gasteiger partial charge < -0.3 is 5.32 Å². The maximum absolute atomic E-state index is 13.0. The molecule has 1 fully saturated rings. The molecule has 0 amide bonds. The number of halogens is 3. The lowest BCUT2D eigenvalue weighted by Gasteiger charge is -2.14. The Labute approximate surface area is 118 Å². The van der Waals surface area contributed by atoms with Crippen molar-refractivity contribution in [1.29, 1.82) is 0 Å². The molecule has 21 heavy (non-hydrogen) atoms. The van der Waals surface area contributed by atoms with Crippen molar-refractivity contribution in [1.82, 2.24) is 14.9 Å². The molecule has 1 aromatic heterocycles. The summed E-state index contributed by atoms with van der Waals surface area (Å²) in [6.07, 6.45) is -1.32. The monoisotopic (exact) mass is 297 g/mol. The lowest BCUT2D eigenvalue weighted by molar-refractivity contribution is -0.136. The highest BCUT2D eigenvalue weighted by atomic mass is 19.4. The fraction of sp³-hybridized carbons (Fsp3) is 0.429. The van der Waals surface area contributed by atoms with Crippen LogP contribution in [0.3, 0.4) is 0 Å². The van der Waals surface area contributed by atoms with Gasteiger partial charge in [0.25, 0.3) is 5.56 Å². The summed E-state index contributed by atoms with van der Waals surface area (Å²) < 4.78 is 40.4. The number of aromatic nitrogens is 2. The van der Waals surface area contributed by atoms with Crippen LogP contribution in [-0.4, -0.2) is 22.1 Å².